The average molecular weight is 483 g/mol. The number of anilines is 1. The van der Waals surface area contributed by atoms with Gasteiger partial charge in [-0.2, -0.15) is 0 Å². The van der Waals surface area contributed by atoms with Crippen LogP contribution in [0.1, 0.15) is 69.8 Å². The highest BCUT2D eigenvalue weighted by molar-refractivity contribution is 6.02. The van der Waals surface area contributed by atoms with Gasteiger partial charge in [-0.25, -0.2) is 4.39 Å². The minimum Gasteiger partial charge on any atom is -0.324 e. The third-order valence-corrected chi connectivity index (χ3v) is 6.78. The molecule has 1 aromatic heterocycles. The first-order chi connectivity index (χ1) is 17.7. The average Bonchev–Trinajstić information content (AvgIpc) is 2.91. The van der Waals surface area contributed by atoms with E-state index >= 15 is 4.39 Å². The molecule has 0 saturated heterocycles. The number of rotatable bonds is 12. The number of amides is 1. The predicted molar refractivity (Wildman–Crippen MR) is 148 cm³/mol. The van der Waals surface area contributed by atoms with Crippen LogP contribution in [0.4, 0.5) is 10.1 Å². The Morgan fingerprint density at radius 2 is 1.61 bits per heavy atom. The van der Waals surface area contributed by atoms with Gasteiger partial charge in [-0.05, 0) is 35.7 Å². The van der Waals surface area contributed by atoms with Crippen molar-refractivity contribution in [2.45, 2.75) is 64.2 Å². The van der Waals surface area contributed by atoms with E-state index in [0.717, 1.165) is 29.3 Å². The Hall–Kier alpha value is -3.53. The molecule has 4 aromatic rings. The lowest BCUT2D eigenvalue weighted by Crippen LogP contribution is -2.22. The van der Waals surface area contributed by atoms with E-state index in [2.05, 4.69) is 17.2 Å². The Morgan fingerprint density at radius 1 is 0.861 bits per heavy atom. The van der Waals surface area contributed by atoms with Crippen LogP contribution in [0.2, 0.25) is 0 Å². The maximum Gasteiger partial charge on any atom is 0.231 e. The first-order valence-corrected chi connectivity index (χ1v) is 13.2. The number of aromatic nitrogens is 1. The number of para-hydroxylation sites is 1. The van der Waals surface area contributed by atoms with Crippen LogP contribution in [-0.2, 0) is 4.79 Å². The number of nitrogens with zero attached hydrogens (tertiary/aromatic N) is 1. The summed E-state index contributed by atoms with van der Waals surface area (Å²) < 4.78 is 15.2. The van der Waals surface area contributed by atoms with E-state index < -0.39 is 5.92 Å². The topological polar surface area (TPSA) is 42.0 Å². The molecule has 36 heavy (non-hydrogen) atoms. The normalized spacial score (nSPS) is 11.9. The fourth-order valence-corrected chi connectivity index (χ4v) is 4.78. The Bertz CT molecular complexity index is 1270. The van der Waals surface area contributed by atoms with Crippen LogP contribution >= 0.6 is 0 Å². The van der Waals surface area contributed by atoms with Crippen LogP contribution in [0, 0.1) is 5.82 Å². The number of benzene rings is 3. The Balaban J connectivity index is 1.54. The van der Waals surface area contributed by atoms with Gasteiger partial charge in [0, 0.05) is 17.1 Å². The van der Waals surface area contributed by atoms with Crippen molar-refractivity contribution in [3.8, 4) is 11.1 Å². The Kier molecular flexibility index (Phi) is 9.21. The molecule has 0 spiro atoms. The standard InChI is InChI=1S/C32H35FN2O/c1-2-3-4-5-6-7-11-18-28(26-20-21-27(29(33)23-26)24-14-9-8-10-15-24)32(36)35-30-19-12-16-25-17-13-22-34-31(25)30/h8-10,12-17,19-23,28H,2-7,11,18H2,1H3,(H,35,36). The molecule has 0 aliphatic heterocycles. The van der Waals surface area contributed by atoms with E-state index in [1.807, 2.05) is 66.7 Å². The molecule has 1 N–H and O–H groups in total. The maximum absolute atomic E-state index is 15.2. The number of unbranched alkanes of at least 4 members (excludes halogenated alkanes) is 6. The number of fused-ring (bicyclic) bond motifs is 1. The molecule has 0 aliphatic rings. The number of hydrogen-bond acceptors (Lipinski definition) is 2. The molecule has 0 fully saturated rings. The van der Waals surface area contributed by atoms with Crippen LogP contribution in [0.3, 0.4) is 0 Å². The fourth-order valence-electron chi connectivity index (χ4n) is 4.78. The van der Waals surface area contributed by atoms with Gasteiger partial charge >= 0.3 is 0 Å². The number of halogens is 1. The molecule has 1 heterocycles. The maximum atomic E-state index is 15.2. The van der Waals surface area contributed by atoms with Gasteiger partial charge in [0.15, 0.2) is 0 Å². The van der Waals surface area contributed by atoms with Gasteiger partial charge < -0.3 is 5.32 Å². The lowest BCUT2D eigenvalue weighted by Gasteiger charge is -2.19. The van der Waals surface area contributed by atoms with Crippen LogP contribution in [0.15, 0.2) is 85.1 Å². The zero-order chi connectivity index (χ0) is 25.2. The summed E-state index contributed by atoms with van der Waals surface area (Å²) in [6.07, 6.45) is 10.6. The molecule has 186 valence electrons. The minimum atomic E-state index is -0.432. The summed E-state index contributed by atoms with van der Waals surface area (Å²) in [5, 5.41) is 4.06. The molecule has 3 nitrogen and oxygen atoms in total. The lowest BCUT2D eigenvalue weighted by molar-refractivity contribution is -0.117. The first-order valence-electron chi connectivity index (χ1n) is 13.2. The third-order valence-electron chi connectivity index (χ3n) is 6.78. The molecule has 4 rings (SSSR count). The van der Waals surface area contributed by atoms with E-state index in [4.69, 9.17) is 0 Å². The molecule has 0 saturated carbocycles. The summed E-state index contributed by atoms with van der Waals surface area (Å²) in [6, 6.07) is 24.4. The SMILES string of the molecule is CCCCCCCCCC(C(=O)Nc1cccc2cccnc12)c1ccc(-c2ccccc2)c(F)c1. The van der Waals surface area contributed by atoms with Gasteiger partial charge in [0.05, 0.1) is 17.1 Å². The van der Waals surface area contributed by atoms with Gasteiger partial charge in [0.2, 0.25) is 5.91 Å². The smallest absolute Gasteiger partial charge is 0.231 e. The van der Waals surface area contributed by atoms with E-state index in [1.54, 1.807) is 12.3 Å². The van der Waals surface area contributed by atoms with Crippen molar-refractivity contribution in [3.63, 3.8) is 0 Å². The first kappa shape index (κ1) is 25.6. The Labute approximate surface area is 213 Å². The highest BCUT2D eigenvalue weighted by Crippen LogP contribution is 2.31. The van der Waals surface area contributed by atoms with Crippen LogP contribution < -0.4 is 5.32 Å². The van der Waals surface area contributed by atoms with Crippen molar-refractivity contribution < 1.29 is 9.18 Å². The third kappa shape index (κ3) is 6.57. The Morgan fingerprint density at radius 3 is 2.39 bits per heavy atom. The molecule has 0 radical (unpaired) electrons. The van der Waals surface area contributed by atoms with E-state index in [1.165, 1.54) is 38.2 Å². The van der Waals surface area contributed by atoms with E-state index in [-0.39, 0.29) is 11.7 Å². The minimum absolute atomic E-state index is 0.119. The van der Waals surface area contributed by atoms with Crippen LogP contribution in [0.5, 0.6) is 0 Å². The van der Waals surface area contributed by atoms with Crippen molar-refractivity contribution >= 4 is 22.5 Å². The fraction of sp³-hybridized carbons (Fsp3) is 0.312. The largest absolute Gasteiger partial charge is 0.324 e. The molecule has 0 bridgehead atoms. The van der Waals surface area contributed by atoms with Gasteiger partial charge in [-0.3, -0.25) is 9.78 Å². The molecular formula is C32H35FN2O. The summed E-state index contributed by atoms with van der Waals surface area (Å²) in [6.45, 7) is 2.22. The van der Waals surface area contributed by atoms with Gasteiger partial charge in [-0.1, -0.05) is 113 Å². The second kappa shape index (κ2) is 13.0. The highest BCUT2D eigenvalue weighted by Gasteiger charge is 2.23. The summed E-state index contributed by atoms with van der Waals surface area (Å²) in [7, 11) is 0. The monoisotopic (exact) mass is 482 g/mol. The second-order valence-electron chi connectivity index (χ2n) is 9.44. The second-order valence-corrected chi connectivity index (χ2v) is 9.44. The molecule has 4 heteroatoms. The van der Waals surface area contributed by atoms with E-state index in [0.29, 0.717) is 23.2 Å². The van der Waals surface area contributed by atoms with Crippen molar-refractivity contribution in [2.24, 2.45) is 0 Å². The number of hydrogen-bond donors (Lipinski definition) is 1. The zero-order valence-corrected chi connectivity index (χ0v) is 21.1. The predicted octanol–water partition coefficient (Wildman–Crippen LogP) is 8.90. The van der Waals surface area contributed by atoms with E-state index in [9.17, 15) is 4.79 Å². The number of nitrogens with one attached hydrogen (secondary N) is 1. The number of pyridine rings is 1. The summed E-state index contributed by atoms with van der Waals surface area (Å²) >= 11 is 0. The molecule has 0 aliphatic carbocycles. The van der Waals surface area contributed by atoms with Gasteiger partial charge in [0.25, 0.3) is 0 Å². The van der Waals surface area contributed by atoms with Crippen molar-refractivity contribution in [1.82, 2.24) is 4.98 Å². The molecule has 3 aromatic carbocycles. The van der Waals surface area contributed by atoms with Crippen molar-refractivity contribution in [3.05, 3.63) is 96.4 Å². The van der Waals surface area contributed by atoms with Crippen molar-refractivity contribution in [1.29, 1.82) is 0 Å². The van der Waals surface area contributed by atoms with Crippen molar-refractivity contribution in [2.75, 3.05) is 5.32 Å². The van der Waals surface area contributed by atoms with Gasteiger partial charge in [-0.15, -0.1) is 0 Å². The number of carbonyl (C=O) groups is 1. The molecule has 1 unspecified atom stereocenters. The molecule has 1 atom stereocenters. The lowest BCUT2D eigenvalue weighted by atomic mass is 9.90. The highest BCUT2D eigenvalue weighted by atomic mass is 19.1. The summed E-state index contributed by atoms with van der Waals surface area (Å²) in [5.41, 5.74) is 3.53. The zero-order valence-electron chi connectivity index (χ0n) is 21.1. The summed E-state index contributed by atoms with van der Waals surface area (Å²) in [4.78, 5) is 18.0. The van der Waals surface area contributed by atoms with Crippen LogP contribution in [0.25, 0.3) is 22.0 Å². The molecule has 1 amide bonds. The van der Waals surface area contributed by atoms with Gasteiger partial charge in [0.1, 0.15) is 5.82 Å². The quantitative estimate of drug-likeness (QED) is 0.205. The van der Waals surface area contributed by atoms with Crippen LogP contribution in [-0.4, -0.2) is 10.9 Å². The number of carbonyl (C=O) groups excluding carboxylic acids is 1. The molecular weight excluding hydrogens is 447 g/mol. The summed E-state index contributed by atoms with van der Waals surface area (Å²) in [5.74, 6) is -0.854.